The van der Waals surface area contributed by atoms with Gasteiger partial charge in [-0.25, -0.2) is 9.49 Å². The molecule has 1 aliphatic carbocycles. The number of benzene rings is 3. The van der Waals surface area contributed by atoms with Crippen LogP contribution in [0.1, 0.15) is 162 Å². The number of amides is 5. The van der Waals surface area contributed by atoms with E-state index in [9.17, 15) is 37.5 Å². The smallest absolute Gasteiger partial charge is 0.315 e. The van der Waals surface area contributed by atoms with Crippen molar-refractivity contribution in [2.24, 2.45) is 11.8 Å². The van der Waals surface area contributed by atoms with E-state index in [4.69, 9.17) is 4.79 Å². The molecule has 2 atom stereocenters. The molecule has 1 saturated carbocycles. The summed E-state index contributed by atoms with van der Waals surface area (Å²) in [6.07, 6.45) is 11.4. The number of nitrogens with one attached hydrogen (secondary N) is 2. The summed E-state index contributed by atoms with van der Waals surface area (Å²) in [5.74, 6) is -2.22. The summed E-state index contributed by atoms with van der Waals surface area (Å²) >= 11 is 0. The number of piperidine rings is 2. The molecule has 83 heavy (non-hydrogen) atoms. The highest BCUT2D eigenvalue weighted by atomic mass is 19.3. The Bertz CT molecular complexity index is 2780. The van der Waals surface area contributed by atoms with Crippen molar-refractivity contribution in [2.45, 2.75) is 143 Å². The molecule has 0 bridgehead atoms. The second kappa shape index (κ2) is 33.7. The molecular weight excluding hydrogens is 1060 g/mol. The first-order valence-electron chi connectivity index (χ1n) is 30.6. The average Bonchev–Trinajstić information content (AvgIpc) is 3.72. The van der Waals surface area contributed by atoms with Gasteiger partial charge in [0.25, 0.3) is 23.3 Å². The Balaban J connectivity index is 0.000000927. The molecule has 4 saturated heterocycles. The summed E-state index contributed by atoms with van der Waals surface area (Å²) < 4.78 is 41.5. The van der Waals surface area contributed by atoms with E-state index >= 15 is 4.39 Å². The number of rotatable bonds is 15. The number of nitrogens with zero attached hydrogens (tertiary/aromatic N) is 7. The number of hydrogen-bond donors (Lipinski definition) is 2. The van der Waals surface area contributed by atoms with Crippen molar-refractivity contribution < 1.29 is 41.9 Å². The molecule has 16 nitrogen and oxygen atoms in total. The van der Waals surface area contributed by atoms with Gasteiger partial charge in [-0.3, -0.25) is 38.6 Å². The number of carbonyl (C=O) groups excluding carboxylic acids is 6. The summed E-state index contributed by atoms with van der Waals surface area (Å²) in [6.45, 7) is 17.4. The Morgan fingerprint density at radius 1 is 0.675 bits per heavy atom. The molecular formula is C64H90F3N9O7. The number of hydrogen-bond acceptors (Lipinski definition) is 10. The molecule has 2 N–H and O–H groups in total. The van der Waals surface area contributed by atoms with Crippen LogP contribution in [0.4, 0.5) is 13.2 Å². The van der Waals surface area contributed by atoms with Crippen LogP contribution in [-0.4, -0.2) is 180 Å². The molecule has 5 aliphatic rings. The number of halogens is 3. The van der Waals surface area contributed by atoms with Gasteiger partial charge >= 0.3 is 6.43 Å². The molecule has 2 unspecified atom stereocenters. The van der Waals surface area contributed by atoms with Crippen molar-refractivity contribution in [3.05, 3.63) is 111 Å². The van der Waals surface area contributed by atoms with Crippen LogP contribution in [0, 0.1) is 17.7 Å². The second-order valence-electron chi connectivity index (χ2n) is 22.7. The topological polar surface area (TPSA) is 180 Å². The largest absolute Gasteiger partial charge is 0.340 e. The highest BCUT2D eigenvalue weighted by molar-refractivity contribution is 5.98. The number of likely N-dealkylation sites (tertiary alicyclic amines) is 2. The lowest BCUT2D eigenvalue weighted by Gasteiger charge is -2.41. The standard InChI is InChI=1S/C54H66F3N9O6.2C4H10.C2H4O/c55-45-16-15-37(31-46-42-13-4-5-14-43(42)51(69)60-59-46)30-44(45)52(70)64-28-26-63(27-29-64)47(67)35-61-20-17-36(18-21-61)33-62-22-24-65(25-23-62)53(71)48(38-8-2-1-3-9-38)58-50(68)40-11-6-10-39(32-40)41-12-7-19-66(34-41)54(72)49(56)57;2*1-3-4-2;1-2-3/h4-6,10-11,13-16,30,32,36,38,41,48-49H,1-3,7-9,12,17-29,31,33-35H2,(H,58,68)(H,60,69);2*3-4H2,1-2H3;2H,1H3. The third kappa shape index (κ3) is 19.0. The average molecular weight is 1150 g/mol. The minimum atomic E-state index is -3.05. The predicted octanol–water partition coefficient (Wildman–Crippen LogP) is 8.96. The number of unbranched alkanes of at least 4 members (excludes halogenated alkanes) is 2. The Labute approximate surface area is 488 Å². The third-order valence-electron chi connectivity index (χ3n) is 16.8. The molecule has 454 valence electrons. The lowest BCUT2D eigenvalue weighted by Crippen LogP contribution is -2.57. The van der Waals surface area contributed by atoms with Crippen molar-refractivity contribution in [3.63, 3.8) is 0 Å². The zero-order valence-electron chi connectivity index (χ0n) is 49.7. The van der Waals surface area contributed by atoms with Gasteiger partial charge < -0.3 is 29.7 Å². The van der Waals surface area contributed by atoms with Crippen LogP contribution >= 0.6 is 0 Å². The zero-order valence-corrected chi connectivity index (χ0v) is 49.7. The van der Waals surface area contributed by atoms with E-state index < -0.39 is 30.1 Å². The van der Waals surface area contributed by atoms with E-state index in [1.165, 1.54) is 43.6 Å². The van der Waals surface area contributed by atoms with Gasteiger partial charge in [-0.15, -0.1) is 0 Å². The monoisotopic (exact) mass is 1150 g/mol. The lowest BCUT2D eigenvalue weighted by atomic mass is 9.83. The van der Waals surface area contributed by atoms with Crippen molar-refractivity contribution >= 4 is 46.6 Å². The number of piperazine rings is 2. The minimum absolute atomic E-state index is 0.0191. The first-order valence-corrected chi connectivity index (χ1v) is 30.6. The Morgan fingerprint density at radius 2 is 1.30 bits per heavy atom. The molecule has 5 fully saturated rings. The maximum atomic E-state index is 15.1. The van der Waals surface area contributed by atoms with E-state index in [0.717, 1.165) is 95.9 Å². The van der Waals surface area contributed by atoms with Crippen LogP contribution in [-0.2, 0) is 25.6 Å². The van der Waals surface area contributed by atoms with E-state index in [1.807, 2.05) is 23.1 Å². The van der Waals surface area contributed by atoms with Gasteiger partial charge in [-0.05, 0) is 112 Å². The number of aromatic nitrogens is 2. The Morgan fingerprint density at radius 3 is 1.94 bits per heavy atom. The summed E-state index contributed by atoms with van der Waals surface area (Å²) in [4.78, 5) is 99.5. The van der Waals surface area contributed by atoms with Crippen LogP contribution < -0.4 is 10.9 Å². The van der Waals surface area contributed by atoms with E-state index in [0.29, 0.717) is 98.7 Å². The SMILES string of the molecule is CC=O.CCCC.CCCC.O=C(NC(C(=O)N1CCN(CC2CCN(CC(=O)N3CCN(C(=O)c4cc(Cc5n[nH]c(=O)c6ccccc56)ccc4F)CC3)CC2)CC1)C1CCCCC1)c1cccc(C2CCCN(C(=O)C(F)F)C2)c1. The predicted molar refractivity (Wildman–Crippen MR) is 318 cm³/mol. The number of aromatic amines is 1. The van der Waals surface area contributed by atoms with Gasteiger partial charge in [-0.1, -0.05) is 109 Å². The van der Waals surface area contributed by atoms with Gasteiger partial charge in [0.05, 0.1) is 23.2 Å². The maximum absolute atomic E-state index is 15.1. The second-order valence-corrected chi connectivity index (χ2v) is 22.7. The van der Waals surface area contributed by atoms with Crippen LogP contribution in [0.3, 0.4) is 0 Å². The van der Waals surface area contributed by atoms with Gasteiger partial charge in [0, 0.05) is 95.3 Å². The number of carbonyl (C=O) groups is 6. The molecule has 4 aliphatic heterocycles. The highest BCUT2D eigenvalue weighted by Gasteiger charge is 2.37. The fourth-order valence-corrected chi connectivity index (χ4v) is 11.6. The molecule has 4 aromatic rings. The fraction of sp³-hybridized carbons (Fsp3) is 0.594. The first kappa shape index (κ1) is 65.7. The zero-order chi connectivity index (χ0) is 59.8. The third-order valence-corrected chi connectivity index (χ3v) is 16.8. The number of H-pyrrole nitrogens is 1. The van der Waals surface area contributed by atoms with Crippen LogP contribution in [0.2, 0.25) is 0 Å². The molecule has 9 rings (SSSR count). The number of aldehydes is 1. The molecule has 3 aromatic carbocycles. The van der Waals surface area contributed by atoms with Crippen molar-refractivity contribution in [3.8, 4) is 0 Å². The van der Waals surface area contributed by atoms with Crippen molar-refractivity contribution in [1.29, 1.82) is 0 Å². The van der Waals surface area contributed by atoms with Crippen LogP contribution in [0.15, 0.2) is 71.5 Å². The highest BCUT2D eigenvalue weighted by Crippen LogP contribution is 2.31. The molecule has 1 aromatic heterocycles. The van der Waals surface area contributed by atoms with Gasteiger partial charge in [0.2, 0.25) is 11.8 Å². The number of alkyl halides is 2. The molecule has 0 radical (unpaired) electrons. The quantitative estimate of drug-likeness (QED) is 0.109. The van der Waals surface area contributed by atoms with Crippen LogP contribution in [0.25, 0.3) is 10.8 Å². The molecule has 19 heteroatoms. The van der Waals surface area contributed by atoms with Gasteiger partial charge in [0.1, 0.15) is 18.1 Å². The summed E-state index contributed by atoms with van der Waals surface area (Å²) in [5, 5.41) is 11.1. The lowest BCUT2D eigenvalue weighted by molar-refractivity contribution is -0.144. The Hall–Kier alpha value is -6.47. The maximum Gasteiger partial charge on any atom is 0.315 e. The van der Waals surface area contributed by atoms with E-state index in [2.05, 4.69) is 53.0 Å². The Kier molecular flexibility index (Phi) is 26.7. The van der Waals surface area contributed by atoms with Crippen LogP contribution in [0.5, 0.6) is 0 Å². The molecule has 5 heterocycles. The fourth-order valence-electron chi connectivity index (χ4n) is 11.6. The normalized spacial score (nSPS) is 18.6. The summed E-state index contributed by atoms with van der Waals surface area (Å²) in [5.41, 5.74) is 2.21. The summed E-state index contributed by atoms with van der Waals surface area (Å²) in [7, 11) is 0. The van der Waals surface area contributed by atoms with Gasteiger partial charge in [0.15, 0.2) is 0 Å². The molecule has 5 amide bonds. The van der Waals surface area contributed by atoms with E-state index in [-0.39, 0.29) is 47.2 Å². The van der Waals surface area contributed by atoms with Crippen molar-refractivity contribution in [1.82, 2.24) is 44.9 Å². The minimum Gasteiger partial charge on any atom is -0.340 e. The first-order chi connectivity index (χ1) is 40.1. The van der Waals surface area contributed by atoms with Gasteiger partial charge in [-0.2, -0.15) is 13.9 Å². The molecule has 0 spiro atoms. The summed E-state index contributed by atoms with van der Waals surface area (Å²) in [6, 6.07) is 18.1. The van der Waals surface area contributed by atoms with Crippen molar-refractivity contribution in [2.75, 3.05) is 91.6 Å². The van der Waals surface area contributed by atoms with E-state index in [1.54, 1.807) is 52.3 Å². The number of fused-ring (bicyclic) bond motifs is 1.